The van der Waals surface area contributed by atoms with E-state index < -0.39 is 11.9 Å². The van der Waals surface area contributed by atoms with Crippen LogP contribution in [0, 0.1) is 6.92 Å². The summed E-state index contributed by atoms with van der Waals surface area (Å²) in [7, 11) is 2.49. The Morgan fingerprint density at radius 1 is 1.03 bits per heavy atom. The Morgan fingerprint density at radius 2 is 1.81 bits per heavy atom. The van der Waals surface area contributed by atoms with Crippen LogP contribution in [0.2, 0.25) is 0 Å². The normalized spacial score (nSPS) is 13.8. The van der Waals surface area contributed by atoms with Gasteiger partial charge in [-0.15, -0.1) is 0 Å². The summed E-state index contributed by atoms with van der Waals surface area (Å²) in [4.78, 5) is 30.8. The number of benzene rings is 2. The number of hydrogen-bond acceptors (Lipinski definition) is 9. The first-order valence-electron chi connectivity index (χ1n) is 9.78. The Kier molecular flexibility index (Phi) is 6.00. The average molecular weight is 435 g/mol. The van der Waals surface area contributed by atoms with Crippen molar-refractivity contribution < 1.29 is 28.3 Å². The van der Waals surface area contributed by atoms with Crippen molar-refractivity contribution in [2.24, 2.45) is 0 Å². The summed E-state index contributed by atoms with van der Waals surface area (Å²) in [6, 6.07) is 14.9. The molecule has 0 atom stereocenters. The van der Waals surface area contributed by atoms with Gasteiger partial charge < -0.3 is 23.6 Å². The Balaban J connectivity index is 1.72. The van der Waals surface area contributed by atoms with Gasteiger partial charge in [0, 0.05) is 16.8 Å². The third kappa shape index (κ3) is 3.97. The third-order valence-electron chi connectivity index (χ3n) is 5.05. The highest BCUT2D eigenvalue weighted by atomic mass is 16.5. The number of carbonyl (C=O) groups is 2. The van der Waals surface area contributed by atoms with Crippen LogP contribution in [0.25, 0.3) is 22.8 Å². The Morgan fingerprint density at radius 3 is 2.56 bits per heavy atom. The van der Waals surface area contributed by atoms with Gasteiger partial charge in [0.25, 0.3) is 5.89 Å². The largest absolute Gasteiger partial charge is 0.466 e. The lowest BCUT2D eigenvalue weighted by Crippen LogP contribution is -2.38. The molecule has 9 heteroatoms. The molecular weight excluding hydrogens is 414 g/mol. The number of anilines is 1. The molecule has 2 aromatic carbocycles. The molecular formula is C23H21N3O6. The molecule has 0 radical (unpaired) electrons. The molecule has 0 fully saturated rings. The number of aromatic nitrogens is 2. The number of rotatable bonds is 5. The molecule has 4 rings (SSSR count). The lowest BCUT2D eigenvalue weighted by Gasteiger charge is -2.31. The zero-order valence-corrected chi connectivity index (χ0v) is 17.8. The molecule has 32 heavy (non-hydrogen) atoms. The summed E-state index contributed by atoms with van der Waals surface area (Å²) in [5.41, 5.74) is 3.28. The lowest BCUT2D eigenvalue weighted by molar-refractivity contribution is -0.140. The van der Waals surface area contributed by atoms with E-state index in [1.165, 1.54) is 14.2 Å². The number of aryl methyl sites for hydroxylation is 1. The molecule has 0 saturated heterocycles. The monoisotopic (exact) mass is 435 g/mol. The van der Waals surface area contributed by atoms with Crippen LogP contribution in [-0.4, -0.2) is 49.6 Å². The molecule has 0 unspecified atom stereocenters. The van der Waals surface area contributed by atoms with Crippen LogP contribution in [-0.2, 0) is 23.8 Å². The number of carbonyl (C=O) groups excluding carboxylic acids is 2. The zero-order valence-electron chi connectivity index (χ0n) is 17.8. The highest BCUT2D eigenvalue weighted by Gasteiger charge is 2.32. The van der Waals surface area contributed by atoms with Crippen LogP contribution in [0.1, 0.15) is 5.56 Å². The molecule has 3 aromatic rings. The number of esters is 2. The molecule has 0 N–H and O–H groups in total. The summed E-state index contributed by atoms with van der Waals surface area (Å²) in [6.45, 7) is 1.96. The van der Waals surface area contributed by atoms with Gasteiger partial charge in [-0.2, -0.15) is 4.98 Å². The fraction of sp³-hybridized carbons (Fsp3) is 0.217. The fourth-order valence-electron chi connectivity index (χ4n) is 3.43. The van der Waals surface area contributed by atoms with Crippen molar-refractivity contribution in [3.8, 4) is 22.8 Å². The fourth-order valence-corrected chi connectivity index (χ4v) is 3.43. The number of methoxy groups -OCH3 is 2. The summed E-state index contributed by atoms with van der Waals surface area (Å²) >= 11 is 0. The van der Waals surface area contributed by atoms with E-state index in [9.17, 15) is 9.59 Å². The molecule has 1 aliphatic rings. The standard InChI is InChI=1S/C23H21N3O6/c1-14-7-4-5-10-17(14)20-24-21(32-25-20)15-8-6-9-16(11-15)26-13-31-12-18(22(27)29-2)19(26)23(28)30-3/h4-11H,12-13H2,1-3H3. The molecule has 9 nitrogen and oxygen atoms in total. The van der Waals surface area contributed by atoms with Gasteiger partial charge in [0.1, 0.15) is 12.4 Å². The minimum atomic E-state index is -0.668. The molecule has 1 aromatic heterocycles. The Bertz CT molecular complexity index is 1200. The minimum Gasteiger partial charge on any atom is -0.466 e. The number of ether oxygens (including phenoxy) is 3. The first-order valence-corrected chi connectivity index (χ1v) is 9.78. The maximum Gasteiger partial charge on any atom is 0.355 e. The van der Waals surface area contributed by atoms with Crippen molar-refractivity contribution in [1.29, 1.82) is 0 Å². The van der Waals surface area contributed by atoms with E-state index in [2.05, 4.69) is 10.1 Å². The van der Waals surface area contributed by atoms with Gasteiger partial charge in [0.2, 0.25) is 5.82 Å². The maximum absolute atomic E-state index is 12.5. The van der Waals surface area contributed by atoms with E-state index in [1.807, 2.05) is 37.3 Å². The van der Waals surface area contributed by atoms with E-state index >= 15 is 0 Å². The maximum atomic E-state index is 12.5. The topological polar surface area (TPSA) is 104 Å². The molecule has 0 aliphatic carbocycles. The van der Waals surface area contributed by atoms with Gasteiger partial charge in [-0.05, 0) is 30.7 Å². The van der Waals surface area contributed by atoms with Gasteiger partial charge in [-0.3, -0.25) is 0 Å². The minimum absolute atomic E-state index is 0.0483. The van der Waals surface area contributed by atoms with Crippen LogP contribution in [0.3, 0.4) is 0 Å². The van der Waals surface area contributed by atoms with Gasteiger partial charge in [0.15, 0.2) is 0 Å². The quantitative estimate of drug-likeness (QED) is 0.559. The van der Waals surface area contributed by atoms with E-state index in [1.54, 1.807) is 23.1 Å². The SMILES string of the molecule is COC(=O)C1=C(C(=O)OC)N(c2cccc(-c3nc(-c4ccccc4C)no3)c2)COC1. The van der Waals surface area contributed by atoms with Crippen molar-refractivity contribution in [2.75, 3.05) is 32.5 Å². The lowest BCUT2D eigenvalue weighted by atomic mass is 10.1. The van der Waals surface area contributed by atoms with E-state index in [4.69, 9.17) is 18.7 Å². The smallest absolute Gasteiger partial charge is 0.355 e. The first-order chi connectivity index (χ1) is 15.5. The number of hydrogen-bond donors (Lipinski definition) is 0. The molecule has 164 valence electrons. The Hall–Kier alpha value is -3.98. The Labute approximate surface area is 184 Å². The van der Waals surface area contributed by atoms with Gasteiger partial charge >= 0.3 is 11.9 Å². The van der Waals surface area contributed by atoms with Crippen LogP contribution < -0.4 is 4.90 Å². The van der Waals surface area contributed by atoms with E-state index in [-0.39, 0.29) is 24.6 Å². The second-order valence-electron chi connectivity index (χ2n) is 7.00. The third-order valence-corrected chi connectivity index (χ3v) is 5.05. The predicted octanol–water partition coefficient (Wildman–Crippen LogP) is 3.11. The van der Waals surface area contributed by atoms with Gasteiger partial charge in [0.05, 0.1) is 26.4 Å². The zero-order chi connectivity index (χ0) is 22.7. The van der Waals surface area contributed by atoms with E-state index in [0.717, 1.165) is 11.1 Å². The first kappa shape index (κ1) is 21.3. The van der Waals surface area contributed by atoms with Gasteiger partial charge in [-0.25, -0.2) is 9.59 Å². The highest BCUT2D eigenvalue weighted by Crippen LogP contribution is 2.31. The number of nitrogens with zero attached hydrogens (tertiary/aromatic N) is 3. The molecule has 2 heterocycles. The van der Waals surface area contributed by atoms with E-state index in [0.29, 0.717) is 23.0 Å². The predicted molar refractivity (Wildman–Crippen MR) is 114 cm³/mol. The van der Waals surface area contributed by atoms with Crippen LogP contribution in [0.4, 0.5) is 5.69 Å². The van der Waals surface area contributed by atoms with Crippen LogP contribution in [0.15, 0.2) is 64.3 Å². The van der Waals surface area contributed by atoms with Crippen LogP contribution in [0.5, 0.6) is 0 Å². The van der Waals surface area contributed by atoms with Crippen molar-refractivity contribution in [2.45, 2.75) is 6.92 Å². The van der Waals surface area contributed by atoms with Crippen molar-refractivity contribution in [3.63, 3.8) is 0 Å². The summed E-state index contributed by atoms with van der Waals surface area (Å²) in [5.74, 6) is -0.530. The average Bonchev–Trinajstić information content (AvgIpc) is 3.33. The summed E-state index contributed by atoms with van der Waals surface area (Å²) < 4.78 is 20.7. The molecule has 1 aliphatic heterocycles. The highest BCUT2D eigenvalue weighted by molar-refractivity contribution is 6.03. The summed E-state index contributed by atoms with van der Waals surface area (Å²) in [6.07, 6.45) is 0. The summed E-state index contributed by atoms with van der Waals surface area (Å²) in [5, 5.41) is 4.10. The van der Waals surface area contributed by atoms with Crippen molar-refractivity contribution in [3.05, 3.63) is 65.4 Å². The molecule has 0 saturated carbocycles. The van der Waals surface area contributed by atoms with Crippen LogP contribution >= 0.6 is 0 Å². The second kappa shape index (κ2) is 9.03. The second-order valence-corrected chi connectivity index (χ2v) is 7.00. The molecule has 0 bridgehead atoms. The van der Waals surface area contributed by atoms with Crippen molar-refractivity contribution >= 4 is 17.6 Å². The van der Waals surface area contributed by atoms with Gasteiger partial charge in [-0.1, -0.05) is 35.5 Å². The molecule has 0 spiro atoms. The molecule has 0 amide bonds. The van der Waals surface area contributed by atoms with Crippen molar-refractivity contribution in [1.82, 2.24) is 10.1 Å².